The van der Waals surface area contributed by atoms with Crippen molar-refractivity contribution >= 4 is 40.8 Å². The highest BCUT2D eigenvalue weighted by Gasteiger charge is 2.10. The predicted octanol–water partition coefficient (Wildman–Crippen LogP) is 3.85. The molecule has 1 heterocycles. The van der Waals surface area contributed by atoms with E-state index in [4.69, 9.17) is 44.6 Å². The molecule has 0 spiro atoms. The summed E-state index contributed by atoms with van der Waals surface area (Å²) in [6.07, 6.45) is 0. The normalized spacial score (nSPS) is 10.0. The van der Waals surface area contributed by atoms with E-state index < -0.39 is 12.6 Å². The van der Waals surface area contributed by atoms with Crippen LogP contribution in [0.3, 0.4) is 0 Å². The van der Waals surface area contributed by atoms with Gasteiger partial charge in [-0.3, -0.25) is 0 Å². The first-order valence-corrected chi connectivity index (χ1v) is 7.57. The number of carboxylic acids is 1. The first kappa shape index (κ1) is 20.2. The van der Waals surface area contributed by atoms with Gasteiger partial charge in [-0.1, -0.05) is 55.6 Å². The van der Waals surface area contributed by atoms with Crippen LogP contribution in [0.2, 0.25) is 15.2 Å². The van der Waals surface area contributed by atoms with Crippen molar-refractivity contribution in [3.8, 4) is 5.88 Å². The van der Waals surface area contributed by atoms with Gasteiger partial charge in [0.1, 0.15) is 5.02 Å². The number of halogens is 3. The van der Waals surface area contributed by atoms with Crippen molar-refractivity contribution in [1.82, 2.24) is 9.88 Å². The number of carboxylic acid groups (broad SMARTS) is 1. The van der Waals surface area contributed by atoms with Gasteiger partial charge in [-0.2, -0.15) is 4.98 Å². The number of nitrogens with zero attached hydrogens (tertiary/aromatic N) is 2. The van der Waals surface area contributed by atoms with Crippen LogP contribution in [0.5, 0.6) is 5.88 Å². The Hall–Kier alpha value is -0.750. The van der Waals surface area contributed by atoms with Gasteiger partial charge in [0.05, 0.1) is 5.02 Å². The van der Waals surface area contributed by atoms with Gasteiger partial charge in [-0.15, -0.1) is 0 Å². The second-order valence-corrected chi connectivity index (χ2v) is 5.02. The Labute approximate surface area is 139 Å². The predicted molar refractivity (Wildman–Crippen MR) is 85.9 cm³/mol. The van der Waals surface area contributed by atoms with Crippen LogP contribution in [-0.4, -0.2) is 47.2 Å². The topological polar surface area (TPSA) is 62.7 Å². The quantitative estimate of drug-likeness (QED) is 0.783. The summed E-state index contributed by atoms with van der Waals surface area (Å²) in [6, 6.07) is 1.33. The van der Waals surface area contributed by atoms with Crippen LogP contribution in [0.25, 0.3) is 0 Å². The SMILES string of the molecule is CCN(CC)CC.O=C(O)COc1nc(Cl)c(Cl)cc1Cl. The molecule has 5 nitrogen and oxygen atoms in total. The Morgan fingerprint density at radius 2 is 1.71 bits per heavy atom. The highest BCUT2D eigenvalue weighted by molar-refractivity contribution is 6.42. The molecule has 8 heteroatoms. The van der Waals surface area contributed by atoms with Crippen LogP contribution in [-0.2, 0) is 4.79 Å². The van der Waals surface area contributed by atoms with Crippen molar-refractivity contribution in [3.05, 3.63) is 21.3 Å². The number of hydrogen-bond acceptors (Lipinski definition) is 4. The molecular formula is C13H19Cl3N2O3. The summed E-state index contributed by atoms with van der Waals surface area (Å²) < 4.78 is 4.75. The minimum Gasteiger partial charge on any atom is -0.479 e. The summed E-state index contributed by atoms with van der Waals surface area (Å²) in [5.74, 6) is -1.18. The van der Waals surface area contributed by atoms with Gasteiger partial charge in [-0.05, 0) is 25.7 Å². The maximum absolute atomic E-state index is 10.2. The van der Waals surface area contributed by atoms with E-state index in [0.29, 0.717) is 0 Å². The smallest absolute Gasteiger partial charge is 0.341 e. The van der Waals surface area contributed by atoms with E-state index in [-0.39, 0.29) is 21.1 Å². The molecule has 0 aliphatic heterocycles. The summed E-state index contributed by atoms with van der Waals surface area (Å²) in [5.41, 5.74) is 0. The zero-order valence-corrected chi connectivity index (χ0v) is 14.5. The zero-order valence-electron chi connectivity index (χ0n) is 12.2. The van der Waals surface area contributed by atoms with Crippen molar-refractivity contribution < 1.29 is 14.6 Å². The molecule has 0 amide bonds. The molecule has 0 aliphatic rings. The van der Waals surface area contributed by atoms with Gasteiger partial charge in [-0.25, -0.2) is 4.79 Å². The number of hydrogen-bond donors (Lipinski definition) is 1. The molecule has 120 valence electrons. The molecule has 0 fully saturated rings. The highest BCUT2D eigenvalue weighted by Crippen LogP contribution is 2.30. The highest BCUT2D eigenvalue weighted by atomic mass is 35.5. The molecule has 1 rings (SSSR count). The van der Waals surface area contributed by atoms with Crippen LogP contribution in [0, 0.1) is 0 Å². The third-order valence-corrected chi connectivity index (χ3v) is 3.47. The summed E-state index contributed by atoms with van der Waals surface area (Å²) in [4.78, 5) is 16.2. The Morgan fingerprint density at radius 1 is 1.19 bits per heavy atom. The number of aliphatic carboxylic acids is 1. The number of rotatable bonds is 6. The van der Waals surface area contributed by atoms with Crippen molar-refractivity contribution in [2.75, 3.05) is 26.2 Å². The van der Waals surface area contributed by atoms with Gasteiger partial charge in [0.2, 0.25) is 5.88 Å². The lowest BCUT2D eigenvalue weighted by Gasteiger charge is -2.13. The summed E-state index contributed by atoms with van der Waals surface area (Å²) in [7, 11) is 0. The van der Waals surface area contributed by atoms with E-state index in [1.165, 1.54) is 25.7 Å². The lowest BCUT2D eigenvalue weighted by atomic mass is 10.5. The summed E-state index contributed by atoms with van der Waals surface area (Å²) >= 11 is 16.8. The summed E-state index contributed by atoms with van der Waals surface area (Å²) in [6.45, 7) is 9.59. The monoisotopic (exact) mass is 356 g/mol. The molecule has 0 unspecified atom stereocenters. The molecule has 0 aromatic carbocycles. The Kier molecular flexibility index (Phi) is 10.5. The van der Waals surface area contributed by atoms with E-state index in [1.807, 2.05) is 0 Å². The zero-order chi connectivity index (χ0) is 16.4. The van der Waals surface area contributed by atoms with E-state index in [1.54, 1.807) is 0 Å². The lowest BCUT2D eigenvalue weighted by Crippen LogP contribution is -2.21. The fourth-order valence-corrected chi connectivity index (χ4v) is 1.88. The Bertz CT molecular complexity index is 449. The first-order valence-electron chi connectivity index (χ1n) is 6.44. The van der Waals surface area contributed by atoms with Crippen molar-refractivity contribution in [2.45, 2.75) is 20.8 Å². The molecule has 1 aromatic rings. The molecule has 1 N–H and O–H groups in total. The fourth-order valence-electron chi connectivity index (χ4n) is 1.33. The molecule has 0 saturated heterocycles. The standard InChI is InChI=1S/C7H4Cl3NO3.C6H15N/c8-3-1-4(9)7(11-6(3)10)14-2-5(12)13;1-4-7(5-2)6-3/h1H,2H2,(H,12,13);4-6H2,1-3H3. The van der Waals surface area contributed by atoms with E-state index in [2.05, 4.69) is 30.7 Å². The van der Waals surface area contributed by atoms with E-state index in [9.17, 15) is 4.79 Å². The molecule has 0 saturated carbocycles. The summed E-state index contributed by atoms with van der Waals surface area (Å²) in [5, 5.41) is 8.64. The van der Waals surface area contributed by atoms with Gasteiger partial charge >= 0.3 is 5.97 Å². The minimum absolute atomic E-state index is 0.0106. The van der Waals surface area contributed by atoms with Crippen molar-refractivity contribution in [2.24, 2.45) is 0 Å². The molecule has 0 aliphatic carbocycles. The van der Waals surface area contributed by atoms with E-state index >= 15 is 0 Å². The maximum atomic E-state index is 10.2. The minimum atomic E-state index is -1.13. The third-order valence-electron chi connectivity index (χ3n) is 2.53. The third kappa shape index (κ3) is 8.31. The largest absolute Gasteiger partial charge is 0.479 e. The van der Waals surface area contributed by atoms with Crippen molar-refractivity contribution in [3.63, 3.8) is 0 Å². The van der Waals surface area contributed by atoms with Crippen LogP contribution in [0.4, 0.5) is 0 Å². The molecule has 21 heavy (non-hydrogen) atoms. The lowest BCUT2D eigenvalue weighted by molar-refractivity contribution is -0.139. The first-order chi connectivity index (χ1) is 9.85. The molecular weight excluding hydrogens is 339 g/mol. The van der Waals surface area contributed by atoms with Crippen LogP contribution >= 0.6 is 34.8 Å². The second-order valence-electron chi connectivity index (χ2n) is 3.85. The van der Waals surface area contributed by atoms with Crippen LogP contribution < -0.4 is 4.74 Å². The molecule has 0 atom stereocenters. The Morgan fingerprint density at radius 3 is 2.10 bits per heavy atom. The number of carbonyl (C=O) groups is 1. The second kappa shape index (κ2) is 10.9. The number of ether oxygens (including phenoxy) is 1. The van der Waals surface area contributed by atoms with Crippen LogP contribution in [0.15, 0.2) is 6.07 Å². The van der Waals surface area contributed by atoms with Gasteiger partial charge < -0.3 is 14.7 Å². The number of aromatic nitrogens is 1. The Balaban J connectivity index is 0.000000486. The molecule has 0 radical (unpaired) electrons. The van der Waals surface area contributed by atoms with Crippen LogP contribution in [0.1, 0.15) is 20.8 Å². The number of pyridine rings is 1. The molecule has 0 bridgehead atoms. The average molecular weight is 358 g/mol. The van der Waals surface area contributed by atoms with Gasteiger partial charge in [0.15, 0.2) is 11.8 Å². The van der Waals surface area contributed by atoms with Crippen molar-refractivity contribution in [1.29, 1.82) is 0 Å². The maximum Gasteiger partial charge on any atom is 0.341 e. The fraction of sp³-hybridized carbons (Fsp3) is 0.538. The molecule has 1 aromatic heterocycles. The van der Waals surface area contributed by atoms with E-state index in [0.717, 1.165) is 0 Å². The van der Waals surface area contributed by atoms with Gasteiger partial charge in [0, 0.05) is 0 Å². The average Bonchev–Trinajstić information content (AvgIpc) is 2.44. The van der Waals surface area contributed by atoms with Gasteiger partial charge in [0.25, 0.3) is 0 Å².